The number of carbonyl (C=O) groups excluding carboxylic acids is 1. The molecule has 164 valence electrons. The Morgan fingerprint density at radius 2 is 1.44 bits per heavy atom. The molecule has 3 nitrogen and oxygen atoms in total. The summed E-state index contributed by atoms with van der Waals surface area (Å²) < 4.78 is 78.1. The third-order valence-electron chi connectivity index (χ3n) is 4.62. The van der Waals surface area contributed by atoms with Crippen molar-refractivity contribution in [1.82, 2.24) is 4.98 Å². The smallest absolute Gasteiger partial charge is 0.298 e. The lowest BCUT2D eigenvalue weighted by Gasteiger charge is -2.13. The highest BCUT2D eigenvalue weighted by Crippen LogP contribution is 2.36. The van der Waals surface area contributed by atoms with Crippen LogP contribution in [0.5, 0.6) is 0 Å². The predicted molar refractivity (Wildman–Crippen MR) is 109 cm³/mol. The summed E-state index contributed by atoms with van der Waals surface area (Å²) in [5.74, 6) is -1.12. The maximum atomic E-state index is 13.0. The van der Waals surface area contributed by atoms with E-state index in [0.717, 1.165) is 27.7 Å². The van der Waals surface area contributed by atoms with Crippen LogP contribution in [0.25, 0.3) is 22.0 Å². The van der Waals surface area contributed by atoms with Gasteiger partial charge in [0.05, 0.1) is 16.8 Å². The van der Waals surface area contributed by atoms with Gasteiger partial charge in [0.25, 0.3) is 5.91 Å². The standard InChI is InChI=1S/C22H12F6N2OS/c23-21(24,25)16-8-15(9-17(10-16)22(26,27)28)19(31)30-20-29-18(11-32-20)14-6-5-12-3-1-2-4-13(12)7-14/h1-11H,(H,29,30,31). The Morgan fingerprint density at radius 1 is 0.812 bits per heavy atom. The Bertz CT molecular complexity index is 1280. The minimum atomic E-state index is -5.04. The topological polar surface area (TPSA) is 42.0 Å². The number of hydrogen-bond acceptors (Lipinski definition) is 3. The van der Waals surface area contributed by atoms with Gasteiger partial charge in [0, 0.05) is 16.5 Å². The lowest BCUT2D eigenvalue weighted by molar-refractivity contribution is -0.143. The van der Waals surface area contributed by atoms with Crippen molar-refractivity contribution in [3.63, 3.8) is 0 Å². The summed E-state index contributed by atoms with van der Waals surface area (Å²) >= 11 is 1.00. The van der Waals surface area contributed by atoms with Crippen LogP contribution in [-0.2, 0) is 12.4 Å². The summed E-state index contributed by atoms with van der Waals surface area (Å²) in [6.45, 7) is 0. The van der Waals surface area contributed by atoms with Gasteiger partial charge in [-0.25, -0.2) is 4.98 Å². The average molecular weight is 466 g/mol. The normalized spacial score (nSPS) is 12.2. The van der Waals surface area contributed by atoms with Gasteiger partial charge in [-0.15, -0.1) is 11.3 Å². The molecule has 1 heterocycles. The molecule has 0 radical (unpaired) electrons. The Labute approximate surface area is 181 Å². The van der Waals surface area contributed by atoms with Crippen LogP contribution in [0.3, 0.4) is 0 Å². The van der Waals surface area contributed by atoms with Crippen LogP contribution >= 0.6 is 11.3 Å². The minimum absolute atomic E-state index is 0.0298. The van der Waals surface area contributed by atoms with Crippen LogP contribution in [0.1, 0.15) is 21.5 Å². The lowest BCUT2D eigenvalue weighted by Crippen LogP contribution is -2.17. The molecule has 0 aliphatic heterocycles. The van der Waals surface area contributed by atoms with Gasteiger partial charge < -0.3 is 0 Å². The molecular formula is C22H12F6N2OS. The molecule has 0 bridgehead atoms. The molecule has 32 heavy (non-hydrogen) atoms. The first kappa shape index (κ1) is 21.8. The fourth-order valence-electron chi connectivity index (χ4n) is 3.07. The SMILES string of the molecule is O=C(Nc1nc(-c2ccc3ccccc3c2)cs1)c1cc(C(F)(F)F)cc(C(F)(F)F)c1. The van der Waals surface area contributed by atoms with E-state index in [1.165, 1.54) is 0 Å². The maximum absolute atomic E-state index is 13.0. The summed E-state index contributed by atoms with van der Waals surface area (Å²) in [5, 5.41) is 5.94. The van der Waals surface area contributed by atoms with E-state index < -0.39 is 35.0 Å². The van der Waals surface area contributed by atoms with Crippen molar-refractivity contribution in [3.8, 4) is 11.3 Å². The predicted octanol–water partition coefficient (Wildman–Crippen LogP) is 7.25. The van der Waals surface area contributed by atoms with E-state index >= 15 is 0 Å². The molecule has 1 N–H and O–H groups in total. The fourth-order valence-corrected chi connectivity index (χ4v) is 3.78. The number of anilines is 1. The van der Waals surface area contributed by atoms with Crippen LogP contribution < -0.4 is 5.32 Å². The molecule has 4 aromatic rings. The van der Waals surface area contributed by atoms with E-state index in [0.29, 0.717) is 17.8 Å². The quantitative estimate of drug-likeness (QED) is 0.323. The zero-order valence-corrected chi connectivity index (χ0v) is 16.7. The summed E-state index contributed by atoms with van der Waals surface area (Å²) in [5.41, 5.74) is -2.63. The number of nitrogens with zero attached hydrogens (tertiary/aromatic N) is 1. The zero-order valence-electron chi connectivity index (χ0n) is 15.9. The van der Waals surface area contributed by atoms with Crippen molar-refractivity contribution in [1.29, 1.82) is 0 Å². The number of thiazole rings is 1. The van der Waals surface area contributed by atoms with Gasteiger partial charge in [0.2, 0.25) is 0 Å². The molecule has 0 spiro atoms. The van der Waals surface area contributed by atoms with Crippen molar-refractivity contribution in [3.05, 3.63) is 82.7 Å². The molecule has 10 heteroatoms. The number of alkyl halides is 6. The molecule has 0 aliphatic carbocycles. The van der Waals surface area contributed by atoms with Crippen molar-refractivity contribution in [2.24, 2.45) is 0 Å². The number of aromatic nitrogens is 1. The molecule has 1 aromatic heterocycles. The third-order valence-corrected chi connectivity index (χ3v) is 5.38. The molecule has 0 unspecified atom stereocenters. The average Bonchev–Trinajstić information content (AvgIpc) is 3.20. The van der Waals surface area contributed by atoms with E-state index in [1.807, 2.05) is 42.5 Å². The Hall–Kier alpha value is -3.40. The van der Waals surface area contributed by atoms with Crippen LogP contribution in [0.15, 0.2) is 66.0 Å². The first-order valence-electron chi connectivity index (χ1n) is 9.06. The van der Waals surface area contributed by atoms with Crippen molar-refractivity contribution in [2.75, 3.05) is 5.32 Å². The van der Waals surface area contributed by atoms with Crippen LogP contribution in [0.4, 0.5) is 31.5 Å². The molecule has 0 aliphatic rings. The highest BCUT2D eigenvalue weighted by molar-refractivity contribution is 7.14. The second-order valence-electron chi connectivity index (χ2n) is 6.85. The van der Waals surface area contributed by atoms with Gasteiger partial charge >= 0.3 is 12.4 Å². The Kier molecular flexibility index (Phi) is 5.41. The summed E-state index contributed by atoms with van der Waals surface area (Å²) in [6, 6.07) is 14.0. The van der Waals surface area contributed by atoms with E-state index in [2.05, 4.69) is 10.3 Å². The molecule has 4 rings (SSSR count). The lowest BCUT2D eigenvalue weighted by atomic mass is 10.0. The first-order valence-corrected chi connectivity index (χ1v) is 9.94. The molecule has 0 fully saturated rings. The number of benzene rings is 3. The third kappa shape index (κ3) is 4.59. The highest BCUT2D eigenvalue weighted by Gasteiger charge is 2.37. The van der Waals surface area contributed by atoms with Crippen LogP contribution in [0.2, 0.25) is 0 Å². The van der Waals surface area contributed by atoms with Gasteiger partial charge in [0.1, 0.15) is 0 Å². The summed E-state index contributed by atoms with van der Waals surface area (Å²) in [6.07, 6.45) is -10.1. The highest BCUT2D eigenvalue weighted by atomic mass is 32.1. The fraction of sp³-hybridized carbons (Fsp3) is 0.0909. The van der Waals surface area contributed by atoms with Crippen molar-refractivity contribution < 1.29 is 31.1 Å². The van der Waals surface area contributed by atoms with Gasteiger partial charge in [-0.1, -0.05) is 36.4 Å². The second kappa shape index (κ2) is 7.94. The van der Waals surface area contributed by atoms with Gasteiger partial charge in [-0.2, -0.15) is 26.3 Å². The monoisotopic (exact) mass is 466 g/mol. The number of hydrogen-bond donors (Lipinski definition) is 1. The number of fused-ring (bicyclic) bond motifs is 1. The number of rotatable bonds is 3. The number of carbonyl (C=O) groups is 1. The van der Waals surface area contributed by atoms with E-state index in [1.54, 1.807) is 5.38 Å². The molecular weight excluding hydrogens is 454 g/mol. The molecule has 3 aromatic carbocycles. The molecule has 0 saturated heterocycles. The minimum Gasteiger partial charge on any atom is -0.298 e. The second-order valence-corrected chi connectivity index (χ2v) is 7.71. The number of amides is 1. The number of halogens is 6. The largest absolute Gasteiger partial charge is 0.416 e. The van der Waals surface area contributed by atoms with Crippen LogP contribution in [0, 0.1) is 0 Å². The molecule has 0 atom stereocenters. The summed E-state index contributed by atoms with van der Waals surface area (Å²) in [4.78, 5) is 16.7. The first-order chi connectivity index (χ1) is 15.0. The molecule has 1 amide bonds. The van der Waals surface area contributed by atoms with E-state index in [9.17, 15) is 31.1 Å². The van der Waals surface area contributed by atoms with Crippen molar-refractivity contribution >= 4 is 33.1 Å². The Balaban J connectivity index is 1.61. The van der Waals surface area contributed by atoms with Gasteiger partial charge in [-0.05, 0) is 35.0 Å². The molecule has 0 saturated carbocycles. The van der Waals surface area contributed by atoms with E-state index in [-0.39, 0.29) is 11.2 Å². The summed E-state index contributed by atoms with van der Waals surface area (Å²) in [7, 11) is 0. The maximum Gasteiger partial charge on any atom is 0.416 e. The van der Waals surface area contributed by atoms with E-state index in [4.69, 9.17) is 0 Å². The van der Waals surface area contributed by atoms with Gasteiger partial charge in [-0.3, -0.25) is 10.1 Å². The Morgan fingerprint density at radius 3 is 2.06 bits per heavy atom. The zero-order chi connectivity index (χ0) is 23.1. The van der Waals surface area contributed by atoms with Crippen molar-refractivity contribution in [2.45, 2.75) is 12.4 Å². The number of nitrogens with one attached hydrogen (secondary N) is 1. The van der Waals surface area contributed by atoms with Gasteiger partial charge in [0.15, 0.2) is 5.13 Å². The van der Waals surface area contributed by atoms with Crippen LogP contribution in [-0.4, -0.2) is 10.9 Å².